The van der Waals surface area contributed by atoms with Gasteiger partial charge in [-0.2, -0.15) is 0 Å². The molecule has 0 fully saturated rings. The van der Waals surface area contributed by atoms with Crippen LogP contribution in [0.25, 0.3) is 22.3 Å². The molecule has 4 aromatic carbocycles. The number of carbonyl (C=O) groups excluding carboxylic acids is 3. The predicted molar refractivity (Wildman–Crippen MR) is 258 cm³/mol. The summed E-state index contributed by atoms with van der Waals surface area (Å²) in [6, 6.07) is 17.0. The minimum Gasteiger partial charge on any atom is -0.481 e. The molecule has 1 amide bonds. The number of aliphatic carboxylic acids is 1. The van der Waals surface area contributed by atoms with Crippen molar-refractivity contribution in [3.63, 3.8) is 0 Å². The number of esters is 2. The van der Waals surface area contributed by atoms with E-state index in [4.69, 9.17) is 14.6 Å². The molecule has 388 valence electrons. The fourth-order valence-electron chi connectivity index (χ4n) is 7.08. The Hall–Kier alpha value is -7.76. The quantitative estimate of drug-likeness (QED) is 0.0652. The highest BCUT2D eigenvalue weighted by molar-refractivity contribution is 7.90. The Morgan fingerprint density at radius 2 is 1.01 bits per heavy atom. The Balaban J connectivity index is 0.000000264. The van der Waals surface area contributed by atoms with E-state index in [1.54, 1.807) is 30.5 Å². The molecule has 0 atom stereocenters. The maximum absolute atomic E-state index is 14.5. The molecule has 0 aliphatic heterocycles. The van der Waals surface area contributed by atoms with Gasteiger partial charge in [-0.1, -0.05) is 27.7 Å². The number of methoxy groups -OCH3 is 4. The first-order valence-corrected chi connectivity index (χ1v) is 24.5. The van der Waals surface area contributed by atoms with Crippen molar-refractivity contribution in [2.45, 2.75) is 62.2 Å². The lowest BCUT2D eigenvalue weighted by molar-refractivity contribution is -0.136. The second-order valence-corrected chi connectivity index (χ2v) is 19.4. The van der Waals surface area contributed by atoms with Gasteiger partial charge in [0.05, 0.1) is 62.2 Å². The number of nitrogens with one attached hydrogen (secondary N) is 1. The minimum atomic E-state index is -4.47. The molecule has 0 saturated heterocycles. The Labute approximate surface area is 418 Å². The van der Waals surface area contributed by atoms with E-state index in [9.17, 15) is 58.7 Å². The molecular formula is C50H50F4N4O13S2. The van der Waals surface area contributed by atoms with Gasteiger partial charge >= 0.3 is 17.9 Å². The summed E-state index contributed by atoms with van der Waals surface area (Å²) in [5.41, 5.74) is 3.34. The molecule has 0 aliphatic rings. The zero-order chi connectivity index (χ0) is 54.5. The molecule has 6 aromatic rings. The molecule has 17 nitrogen and oxygen atoms in total. The SMILES string of the molecule is COC(=O)c1cc(S(=O)(=O)NC(=O)Cc2c(-c3ccnc(OC)c3)cc(F)cc2C(C)C)ccc1F.COC(=O)c1cc(S(N)(=O)=O)ccc1F.COc1cc(-c2cc(F)cc(C(C)C)c2CC(=O)O)ccn1. The van der Waals surface area contributed by atoms with E-state index >= 15 is 0 Å². The van der Waals surface area contributed by atoms with Crippen molar-refractivity contribution < 1.29 is 77.6 Å². The normalized spacial score (nSPS) is 11.1. The van der Waals surface area contributed by atoms with Crippen LogP contribution in [0.2, 0.25) is 0 Å². The first-order chi connectivity index (χ1) is 34.2. The van der Waals surface area contributed by atoms with Crippen molar-refractivity contribution in [3.8, 4) is 34.0 Å². The van der Waals surface area contributed by atoms with Crippen molar-refractivity contribution >= 4 is 43.9 Å². The van der Waals surface area contributed by atoms with Crippen molar-refractivity contribution in [2.75, 3.05) is 28.4 Å². The molecule has 2 heterocycles. The smallest absolute Gasteiger partial charge is 0.340 e. The highest BCUT2D eigenvalue weighted by Gasteiger charge is 2.25. The van der Waals surface area contributed by atoms with Gasteiger partial charge in [0.1, 0.15) is 23.3 Å². The number of halogens is 4. The largest absolute Gasteiger partial charge is 0.481 e. The predicted octanol–water partition coefficient (Wildman–Crippen LogP) is 7.90. The number of hydrogen-bond acceptors (Lipinski definition) is 14. The molecule has 0 bridgehead atoms. The number of rotatable bonds is 15. The highest BCUT2D eigenvalue weighted by Crippen LogP contribution is 2.35. The van der Waals surface area contributed by atoms with Gasteiger partial charge in [-0.15, -0.1) is 0 Å². The molecule has 2 aromatic heterocycles. The molecule has 0 aliphatic carbocycles. The van der Waals surface area contributed by atoms with E-state index in [-0.39, 0.29) is 34.8 Å². The van der Waals surface area contributed by atoms with Gasteiger partial charge in [-0.3, -0.25) is 9.59 Å². The number of ether oxygens (including phenoxy) is 4. The number of carboxylic acid groups (broad SMARTS) is 1. The van der Waals surface area contributed by atoms with Gasteiger partial charge in [0, 0.05) is 24.5 Å². The van der Waals surface area contributed by atoms with Gasteiger partial charge in [0.2, 0.25) is 27.7 Å². The summed E-state index contributed by atoms with van der Waals surface area (Å²) in [6.45, 7) is 7.46. The van der Waals surface area contributed by atoms with Gasteiger partial charge in [-0.05, 0) is 129 Å². The zero-order valence-electron chi connectivity index (χ0n) is 40.5. The Morgan fingerprint density at radius 3 is 1.40 bits per heavy atom. The summed E-state index contributed by atoms with van der Waals surface area (Å²) in [4.78, 5) is 54.1. The summed E-state index contributed by atoms with van der Waals surface area (Å²) in [5, 5.41) is 14.0. The average molecular weight is 1060 g/mol. The standard InChI is InChI=1S/C25H24F2N2O6S.C17H18FNO3.C8H8FNO4S/c1-14(2)18-10-16(26)11-19(15-7-8-28-24(9-15)34-3)20(18)13-23(30)29-36(32,33)17-5-6-22(27)21(12-17)25(31)35-4;1-10(2)13-7-12(18)8-14(15(13)9-17(20)21)11-4-5-19-16(6-11)22-3;1-14-8(11)6-4-5(15(10,12)13)2-3-7(6)9/h5-12,14H,13H2,1-4H3,(H,29,30);4-8,10H,9H2,1-3H3,(H,20,21);2-4H,1H3,(H2,10,12,13). The van der Waals surface area contributed by atoms with Crippen LogP contribution in [-0.4, -0.2) is 84.2 Å². The fraction of sp³-hybridized carbons (Fsp3) is 0.240. The number of amides is 1. The topological polar surface area (TPSA) is 258 Å². The molecule has 23 heteroatoms. The van der Waals surface area contributed by atoms with Crippen LogP contribution in [0.1, 0.15) is 82.5 Å². The van der Waals surface area contributed by atoms with Crippen LogP contribution in [0.15, 0.2) is 107 Å². The third-order valence-corrected chi connectivity index (χ3v) is 12.8. The number of primary sulfonamides is 1. The lowest BCUT2D eigenvalue weighted by atomic mass is 9.88. The van der Waals surface area contributed by atoms with Crippen LogP contribution in [0.5, 0.6) is 11.8 Å². The lowest BCUT2D eigenvalue weighted by Gasteiger charge is -2.18. The van der Waals surface area contributed by atoms with Gasteiger partial charge < -0.3 is 24.1 Å². The van der Waals surface area contributed by atoms with E-state index in [1.807, 2.05) is 32.4 Å². The molecule has 0 unspecified atom stereocenters. The number of nitrogens with zero attached hydrogens (tertiary/aromatic N) is 2. The Kier molecular flexibility index (Phi) is 19.9. The van der Waals surface area contributed by atoms with Crippen LogP contribution >= 0.6 is 0 Å². The molecule has 0 spiro atoms. The third kappa shape index (κ3) is 15.4. The first kappa shape index (κ1) is 57.8. The number of pyridine rings is 2. The summed E-state index contributed by atoms with van der Waals surface area (Å²) >= 11 is 0. The summed E-state index contributed by atoms with van der Waals surface area (Å²) in [6.07, 6.45) is 2.46. The minimum absolute atomic E-state index is 0.0209. The monoisotopic (exact) mass is 1050 g/mol. The Morgan fingerprint density at radius 1 is 0.603 bits per heavy atom. The first-order valence-electron chi connectivity index (χ1n) is 21.5. The van der Waals surface area contributed by atoms with Crippen molar-refractivity contribution in [3.05, 3.63) is 154 Å². The van der Waals surface area contributed by atoms with E-state index in [0.717, 1.165) is 50.6 Å². The number of aromatic nitrogens is 2. The fourth-order valence-corrected chi connectivity index (χ4v) is 8.62. The Bertz CT molecular complexity index is 3270. The number of sulfonamides is 2. The van der Waals surface area contributed by atoms with E-state index in [0.29, 0.717) is 50.4 Å². The number of nitrogens with two attached hydrogens (primary N) is 1. The second kappa shape index (κ2) is 25.1. The second-order valence-electron chi connectivity index (χ2n) is 16.1. The number of carbonyl (C=O) groups is 4. The molecule has 73 heavy (non-hydrogen) atoms. The third-order valence-electron chi connectivity index (χ3n) is 10.5. The van der Waals surface area contributed by atoms with Crippen molar-refractivity contribution in [1.82, 2.24) is 14.7 Å². The average Bonchev–Trinajstić information content (AvgIpc) is 3.34. The molecule has 4 N–H and O–H groups in total. The zero-order valence-corrected chi connectivity index (χ0v) is 42.1. The van der Waals surface area contributed by atoms with Crippen LogP contribution < -0.4 is 19.3 Å². The molecule has 0 saturated carbocycles. The van der Waals surface area contributed by atoms with Crippen molar-refractivity contribution in [1.29, 1.82) is 0 Å². The van der Waals surface area contributed by atoms with Gasteiger partial charge in [0.15, 0.2) is 0 Å². The van der Waals surface area contributed by atoms with Crippen molar-refractivity contribution in [2.24, 2.45) is 5.14 Å². The van der Waals surface area contributed by atoms with Crippen LogP contribution in [-0.2, 0) is 52.0 Å². The van der Waals surface area contributed by atoms with E-state index < -0.39 is 83.8 Å². The lowest BCUT2D eigenvalue weighted by Crippen LogP contribution is -2.32. The van der Waals surface area contributed by atoms with Crippen LogP contribution in [0, 0.1) is 23.3 Å². The number of benzene rings is 4. The molecular weight excluding hydrogens is 1000 g/mol. The molecule has 6 rings (SSSR count). The van der Waals surface area contributed by atoms with Gasteiger partial charge in [0.25, 0.3) is 10.0 Å². The van der Waals surface area contributed by atoms with E-state index in [2.05, 4.69) is 19.4 Å². The van der Waals surface area contributed by atoms with Crippen LogP contribution in [0.3, 0.4) is 0 Å². The summed E-state index contributed by atoms with van der Waals surface area (Å²) in [7, 11) is -3.42. The highest BCUT2D eigenvalue weighted by atomic mass is 32.2. The van der Waals surface area contributed by atoms with Crippen LogP contribution in [0.4, 0.5) is 17.6 Å². The summed E-state index contributed by atoms with van der Waals surface area (Å²) < 4.78 is 124. The number of hydrogen-bond donors (Lipinski definition) is 3. The van der Waals surface area contributed by atoms with Gasteiger partial charge in [-0.25, -0.2) is 63.8 Å². The maximum atomic E-state index is 14.5. The van der Waals surface area contributed by atoms with E-state index in [1.165, 1.54) is 44.7 Å². The molecule has 0 radical (unpaired) electrons. The maximum Gasteiger partial charge on any atom is 0.340 e. The summed E-state index contributed by atoms with van der Waals surface area (Å²) in [5.74, 6) is -6.13. The number of carboxylic acids is 1.